The van der Waals surface area contributed by atoms with Crippen LogP contribution in [-0.4, -0.2) is 27.0 Å². The van der Waals surface area contributed by atoms with Gasteiger partial charge in [-0.2, -0.15) is 5.10 Å². The van der Waals surface area contributed by atoms with Crippen molar-refractivity contribution in [3.63, 3.8) is 0 Å². The maximum Gasteiger partial charge on any atom is 0.290 e. The lowest BCUT2D eigenvalue weighted by atomic mass is 10.1. The van der Waals surface area contributed by atoms with E-state index in [1.54, 1.807) is 13.0 Å². The van der Waals surface area contributed by atoms with Crippen molar-refractivity contribution in [1.29, 1.82) is 0 Å². The third-order valence-electron chi connectivity index (χ3n) is 3.80. The molecule has 0 fully saturated rings. The number of carbonyl (C=O) groups excluding carboxylic acids is 2. The minimum atomic E-state index is -0.472. The van der Waals surface area contributed by atoms with Gasteiger partial charge in [0.05, 0.1) is 5.69 Å². The third-order valence-corrected chi connectivity index (χ3v) is 5.01. The number of aryl methyl sites for hydroxylation is 1. The van der Waals surface area contributed by atoms with Crippen molar-refractivity contribution in [2.24, 2.45) is 5.92 Å². The molecule has 2 amide bonds. The van der Waals surface area contributed by atoms with E-state index in [0.717, 1.165) is 22.7 Å². The predicted octanol–water partition coefficient (Wildman–Crippen LogP) is 3.11. The molecule has 3 aromatic rings. The maximum atomic E-state index is 12.4. The molecule has 0 aliphatic rings. The summed E-state index contributed by atoms with van der Waals surface area (Å²) in [6.45, 7) is 5.94. The number of aromatic nitrogens is 3. The summed E-state index contributed by atoms with van der Waals surface area (Å²) >= 11 is 1.28. The van der Waals surface area contributed by atoms with Crippen LogP contribution in [-0.2, 0) is 6.42 Å². The van der Waals surface area contributed by atoms with E-state index in [4.69, 9.17) is 0 Å². The Labute approximate surface area is 161 Å². The van der Waals surface area contributed by atoms with Gasteiger partial charge in [-0.25, -0.2) is 4.98 Å². The van der Waals surface area contributed by atoms with Crippen LogP contribution in [0.4, 0.5) is 0 Å². The summed E-state index contributed by atoms with van der Waals surface area (Å²) in [5, 5.41) is 7.58. The first kappa shape index (κ1) is 18.8. The van der Waals surface area contributed by atoms with Crippen molar-refractivity contribution >= 4 is 23.2 Å². The molecule has 3 rings (SSSR count). The molecule has 0 aliphatic carbocycles. The molecule has 140 valence electrons. The highest BCUT2D eigenvalue weighted by Crippen LogP contribution is 2.27. The molecule has 2 aromatic heterocycles. The van der Waals surface area contributed by atoms with E-state index in [9.17, 15) is 9.59 Å². The molecular formula is C19H21N5O2S. The fourth-order valence-electron chi connectivity index (χ4n) is 2.57. The molecule has 1 aromatic carbocycles. The normalized spacial score (nSPS) is 10.8. The van der Waals surface area contributed by atoms with Gasteiger partial charge in [-0.05, 0) is 25.3 Å². The number of hydrazine groups is 1. The van der Waals surface area contributed by atoms with Crippen LogP contribution in [0.1, 0.15) is 45.4 Å². The number of thiazole rings is 1. The van der Waals surface area contributed by atoms with E-state index in [2.05, 4.69) is 39.9 Å². The van der Waals surface area contributed by atoms with E-state index in [-0.39, 0.29) is 5.69 Å². The second kappa shape index (κ2) is 8.13. The predicted molar refractivity (Wildman–Crippen MR) is 104 cm³/mol. The molecule has 0 saturated carbocycles. The second-order valence-corrected chi connectivity index (χ2v) is 7.58. The molecular weight excluding hydrogens is 362 g/mol. The fraction of sp³-hybridized carbons (Fsp3) is 0.263. The first-order chi connectivity index (χ1) is 12.9. The summed E-state index contributed by atoms with van der Waals surface area (Å²) in [7, 11) is 0. The molecule has 0 saturated heterocycles. The number of carbonyl (C=O) groups is 2. The van der Waals surface area contributed by atoms with Crippen LogP contribution in [0.2, 0.25) is 0 Å². The summed E-state index contributed by atoms with van der Waals surface area (Å²) in [6, 6.07) is 11.3. The molecule has 0 bridgehead atoms. The Morgan fingerprint density at radius 1 is 1.15 bits per heavy atom. The summed E-state index contributed by atoms with van der Waals surface area (Å²) in [5.41, 5.74) is 7.51. The largest absolute Gasteiger partial charge is 0.290 e. The number of benzene rings is 1. The fourth-order valence-corrected chi connectivity index (χ4v) is 3.53. The Balaban J connectivity index is 1.63. The van der Waals surface area contributed by atoms with Gasteiger partial charge in [-0.1, -0.05) is 44.2 Å². The lowest BCUT2D eigenvalue weighted by Crippen LogP contribution is -2.41. The van der Waals surface area contributed by atoms with Gasteiger partial charge in [0.2, 0.25) is 0 Å². The monoisotopic (exact) mass is 383 g/mol. The third kappa shape index (κ3) is 4.59. The van der Waals surface area contributed by atoms with Crippen molar-refractivity contribution < 1.29 is 9.59 Å². The first-order valence-corrected chi connectivity index (χ1v) is 9.43. The summed E-state index contributed by atoms with van der Waals surface area (Å²) < 4.78 is 0. The number of rotatable bonds is 5. The van der Waals surface area contributed by atoms with Crippen molar-refractivity contribution in [3.05, 3.63) is 58.4 Å². The van der Waals surface area contributed by atoms with Crippen LogP contribution in [0, 0.1) is 12.8 Å². The van der Waals surface area contributed by atoms with Gasteiger partial charge in [0, 0.05) is 11.3 Å². The zero-order chi connectivity index (χ0) is 19.4. The number of nitrogens with one attached hydrogen (secondary N) is 3. The molecule has 0 spiro atoms. The molecule has 0 atom stereocenters. The van der Waals surface area contributed by atoms with E-state index in [1.807, 2.05) is 30.3 Å². The van der Waals surface area contributed by atoms with Gasteiger partial charge >= 0.3 is 0 Å². The highest BCUT2D eigenvalue weighted by atomic mass is 32.1. The molecule has 27 heavy (non-hydrogen) atoms. The topological polar surface area (TPSA) is 99.8 Å². The summed E-state index contributed by atoms with van der Waals surface area (Å²) in [5.74, 6) is -0.423. The molecule has 0 aliphatic heterocycles. The van der Waals surface area contributed by atoms with E-state index in [0.29, 0.717) is 16.5 Å². The van der Waals surface area contributed by atoms with Crippen LogP contribution >= 0.6 is 11.3 Å². The van der Waals surface area contributed by atoms with Gasteiger partial charge in [0.25, 0.3) is 11.8 Å². The van der Waals surface area contributed by atoms with E-state index >= 15 is 0 Å². The maximum absolute atomic E-state index is 12.4. The Kier molecular flexibility index (Phi) is 5.66. The Morgan fingerprint density at radius 2 is 1.85 bits per heavy atom. The second-order valence-electron chi connectivity index (χ2n) is 6.58. The lowest BCUT2D eigenvalue weighted by Gasteiger charge is -2.04. The minimum absolute atomic E-state index is 0.233. The minimum Gasteiger partial charge on any atom is -0.282 e. The number of hydrogen-bond donors (Lipinski definition) is 3. The molecule has 3 N–H and O–H groups in total. The van der Waals surface area contributed by atoms with Crippen molar-refractivity contribution in [1.82, 2.24) is 26.0 Å². The zero-order valence-corrected chi connectivity index (χ0v) is 16.2. The van der Waals surface area contributed by atoms with E-state index in [1.165, 1.54) is 11.3 Å². The van der Waals surface area contributed by atoms with Crippen molar-refractivity contribution in [2.45, 2.75) is 27.2 Å². The van der Waals surface area contributed by atoms with Crippen molar-refractivity contribution in [2.75, 3.05) is 0 Å². The van der Waals surface area contributed by atoms with Crippen LogP contribution in [0.5, 0.6) is 0 Å². The highest BCUT2D eigenvalue weighted by Gasteiger charge is 2.18. The van der Waals surface area contributed by atoms with Gasteiger partial charge in [-0.3, -0.25) is 25.5 Å². The van der Waals surface area contributed by atoms with Crippen LogP contribution < -0.4 is 10.9 Å². The lowest BCUT2D eigenvalue weighted by molar-refractivity contribution is 0.0845. The Hall–Kier alpha value is -3.00. The number of hydrogen-bond acceptors (Lipinski definition) is 5. The molecule has 2 heterocycles. The molecule has 0 radical (unpaired) electrons. The van der Waals surface area contributed by atoms with E-state index < -0.39 is 11.8 Å². The molecule has 0 unspecified atom stereocenters. The Morgan fingerprint density at radius 3 is 2.56 bits per heavy atom. The summed E-state index contributed by atoms with van der Waals surface area (Å²) in [4.78, 5) is 29.5. The average Bonchev–Trinajstić information content (AvgIpc) is 3.26. The van der Waals surface area contributed by atoms with Gasteiger partial charge in [-0.15, -0.1) is 11.3 Å². The smallest absolute Gasteiger partial charge is 0.282 e. The molecule has 8 heteroatoms. The number of amides is 2. The first-order valence-electron chi connectivity index (χ1n) is 8.62. The standard InChI is InChI=1S/C19H21N5O2S/c1-11(2)9-14-10-15(22-21-14)17(25)23-24-18(26)16-12(3)20-19(27-16)13-7-5-4-6-8-13/h4-8,10-11H,9H2,1-3H3,(H,21,22)(H,23,25)(H,24,26). The number of H-pyrrole nitrogens is 1. The van der Waals surface area contributed by atoms with Gasteiger partial charge in [0.15, 0.2) is 5.69 Å². The highest BCUT2D eigenvalue weighted by molar-refractivity contribution is 7.17. The average molecular weight is 383 g/mol. The van der Waals surface area contributed by atoms with Gasteiger partial charge in [0.1, 0.15) is 9.88 Å². The quantitative estimate of drug-likeness (QED) is 0.589. The van der Waals surface area contributed by atoms with Crippen LogP contribution in [0.15, 0.2) is 36.4 Å². The van der Waals surface area contributed by atoms with Crippen LogP contribution in [0.3, 0.4) is 0 Å². The van der Waals surface area contributed by atoms with Gasteiger partial charge < -0.3 is 0 Å². The number of aromatic amines is 1. The number of nitrogens with zero attached hydrogens (tertiary/aromatic N) is 2. The zero-order valence-electron chi connectivity index (χ0n) is 15.4. The Bertz CT molecular complexity index is 946. The SMILES string of the molecule is Cc1nc(-c2ccccc2)sc1C(=O)NNC(=O)c1cc(CC(C)C)[nH]n1. The van der Waals surface area contributed by atoms with Crippen molar-refractivity contribution in [3.8, 4) is 10.6 Å². The van der Waals surface area contributed by atoms with Crippen LogP contribution in [0.25, 0.3) is 10.6 Å². The molecule has 7 nitrogen and oxygen atoms in total. The summed E-state index contributed by atoms with van der Waals surface area (Å²) in [6.07, 6.45) is 0.801.